The average molecular weight is 267 g/mol. The summed E-state index contributed by atoms with van der Waals surface area (Å²) in [5.41, 5.74) is 0. The van der Waals surface area contributed by atoms with Crippen LogP contribution in [0.4, 0.5) is 0 Å². The third-order valence-corrected chi connectivity index (χ3v) is 2.31. The Morgan fingerprint density at radius 1 is 1.16 bits per heavy atom. The number of nitrogens with one attached hydrogen (secondary N) is 1. The highest BCUT2D eigenvalue weighted by Gasteiger charge is 2.07. The molecule has 0 saturated heterocycles. The Bertz CT molecular complexity index is 433. The normalized spacial score (nSPS) is 9.58. The van der Waals surface area contributed by atoms with Gasteiger partial charge in [0.05, 0.1) is 20.6 Å². The van der Waals surface area contributed by atoms with Crippen LogP contribution in [-0.4, -0.2) is 39.2 Å². The number of hydrogen-bond donors (Lipinski definition) is 1. The van der Waals surface area contributed by atoms with Crippen molar-refractivity contribution in [1.29, 1.82) is 0 Å². The molecule has 1 aromatic rings. The zero-order valence-corrected chi connectivity index (χ0v) is 11.0. The van der Waals surface area contributed by atoms with Crippen molar-refractivity contribution in [3.63, 3.8) is 0 Å². The molecule has 0 aliphatic heterocycles. The van der Waals surface area contributed by atoms with Crippen LogP contribution in [0.25, 0.3) is 0 Å². The molecule has 0 aromatic heterocycles. The predicted octanol–water partition coefficient (Wildman–Crippen LogP) is 0.753. The molecule has 1 N–H and O–H groups in total. The number of esters is 1. The third-order valence-electron chi connectivity index (χ3n) is 2.31. The van der Waals surface area contributed by atoms with Gasteiger partial charge in [0.2, 0.25) is 0 Å². The van der Waals surface area contributed by atoms with Crippen LogP contribution >= 0.6 is 0 Å². The highest BCUT2D eigenvalue weighted by atomic mass is 16.5. The molecule has 0 fully saturated rings. The Hall–Kier alpha value is -2.24. The average Bonchev–Trinajstić information content (AvgIpc) is 2.45. The molecular formula is C13H17NO5. The number of benzene rings is 1. The molecule has 0 aliphatic carbocycles. The second-order valence-corrected chi connectivity index (χ2v) is 3.62. The minimum absolute atomic E-state index is 0.136. The molecule has 1 rings (SSSR count). The van der Waals surface area contributed by atoms with Crippen molar-refractivity contribution in [1.82, 2.24) is 5.32 Å². The number of para-hydroxylation sites is 2. The standard InChI is InChI=1S/C13H17NO5/c1-17-10-5-3-4-6-11(10)19-9-12(15)14-8-7-13(16)18-2/h3-6H,7-9H2,1-2H3,(H,14,15). The lowest BCUT2D eigenvalue weighted by atomic mass is 10.3. The fourth-order valence-electron chi connectivity index (χ4n) is 1.34. The maximum Gasteiger partial charge on any atom is 0.307 e. The smallest absolute Gasteiger partial charge is 0.307 e. The first-order valence-electron chi connectivity index (χ1n) is 5.76. The van der Waals surface area contributed by atoms with Crippen LogP contribution in [-0.2, 0) is 14.3 Å². The molecule has 104 valence electrons. The van der Waals surface area contributed by atoms with Gasteiger partial charge in [0.15, 0.2) is 18.1 Å². The van der Waals surface area contributed by atoms with Crippen molar-refractivity contribution in [2.45, 2.75) is 6.42 Å². The Balaban J connectivity index is 2.32. The van der Waals surface area contributed by atoms with Gasteiger partial charge in [0, 0.05) is 6.54 Å². The molecule has 0 saturated carbocycles. The van der Waals surface area contributed by atoms with Gasteiger partial charge in [-0.1, -0.05) is 12.1 Å². The van der Waals surface area contributed by atoms with E-state index >= 15 is 0 Å². The third kappa shape index (κ3) is 5.29. The second kappa shape index (κ2) is 7.97. The molecule has 0 aliphatic rings. The molecule has 0 atom stereocenters. The molecule has 0 radical (unpaired) electrons. The van der Waals surface area contributed by atoms with Gasteiger partial charge in [0.25, 0.3) is 5.91 Å². The Kier molecular flexibility index (Phi) is 6.21. The fraction of sp³-hybridized carbons (Fsp3) is 0.385. The number of amides is 1. The number of methoxy groups -OCH3 is 2. The zero-order chi connectivity index (χ0) is 14.1. The first-order valence-corrected chi connectivity index (χ1v) is 5.76. The van der Waals surface area contributed by atoms with E-state index in [0.29, 0.717) is 11.5 Å². The van der Waals surface area contributed by atoms with Crippen molar-refractivity contribution >= 4 is 11.9 Å². The van der Waals surface area contributed by atoms with Crippen molar-refractivity contribution in [3.8, 4) is 11.5 Å². The first-order chi connectivity index (χ1) is 9.17. The van der Waals surface area contributed by atoms with Crippen LogP contribution in [0.3, 0.4) is 0 Å². The van der Waals surface area contributed by atoms with Gasteiger partial charge in [-0.3, -0.25) is 9.59 Å². The number of hydrogen-bond acceptors (Lipinski definition) is 5. The minimum atomic E-state index is -0.369. The Morgan fingerprint density at radius 2 is 1.84 bits per heavy atom. The molecule has 1 amide bonds. The van der Waals surface area contributed by atoms with E-state index in [1.807, 2.05) is 6.07 Å². The van der Waals surface area contributed by atoms with Gasteiger partial charge in [0.1, 0.15) is 0 Å². The maximum absolute atomic E-state index is 11.5. The van der Waals surface area contributed by atoms with Crippen LogP contribution in [0.15, 0.2) is 24.3 Å². The van der Waals surface area contributed by atoms with Gasteiger partial charge >= 0.3 is 5.97 Å². The lowest BCUT2D eigenvalue weighted by Gasteiger charge is -2.10. The van der Waals surface area contributed by atoms with E-state index in [1.165, 1.54) is 14.2 Å². The fourth-order valence-corrected chi connectivity index (χ4v) is 1.34. The summed E-state index contributed by atoms with van der Waals surface area (Å²) < 4.78 is 14.9. The Labute approximate surface area is 111 Å². The van der Waals surface area contributed by atoms with Gasteiger partial charge in [-0.15, -0.1) is 0 Å². The van der Waals surface area contributed by atoms with Crippen LogP contribution < -0.4 is 14.8 Å². The van der Waals surface area contributed by atoms with Crippen LogP contribution in [0.2, 0.25) is 0 Å². The van der Waals surface area contributed by atoms with E-state index < -0.39 is 0 Å². The van der Waals surface area contributed by atoms with Gasteiger partial charge in [-0.2, -0.15) is 0 Å². The highest BCUT2D eigenvalue weighted by Crippen LogP contribution is 2.25. The first kappa shape index (κ1) is 14.8. The van der Waals surface area contributed by atoms with E-state index in [4.69, 9.17) is 9.47 Å². The summed E-state index contributed by atoms with van der Waals surface area (Å²) in [7, 11) is 2.83. The van der Waals surface area contributed by atoms with Crippen molar-refractivity contribution in [2.75, 3.05) is 27.4 Å². The van der Waals surface area contributed by atoms with Crippen molar-refractivity contribution in [2.24, 2.45) is 0 Å². The summed E-state index contributed by atoms with van der Waals surface area (Å²) >= 11 is 0. The van der Waals surface area contributed by atoms with Crippen LogP contribution in [0.1, 0.15) is 6.42 Å². The lowest BCUT2D eigenvalue weighted by Crippen LogP contribution is -2.30. The topological polar surface area (TPSA) is 73.9 Å². The quantitative estimate of drug-likeness (QED) is 0.738. The SMILES string of the molecule is COC(=O)CCNC(=O)COc1ccccc1OC. The monoisotopic (exact) mass is 267 g/mol. The second-order valence-electron chi connectivity index (χ2n) is 3.62. The molecule has 0 heterocycles. The molecule has 6 heteroatoms. The maximum atomic E-state index is 11.5. The molecule has 6 nitrogen and oxygen atoms in total. The number of carbonyl (C=O) groups excluding carboxylic acids is 2. The summed E-state index contributed by atoms with van der Waals surface area (Å²) in [5, 5.41) is 2.55. The highest BCUT2D eigenvalue weighted by molar-refractivity contribution is 5.78. The van der Waals surface area contributed by atoms with E-state index in [9.17, 15) is 9.59 Å². The van der Waals surface area contributed by atoms with E-state index in [0.717, 1.165) is 0 Å². The lowest BCUT2D eigenvalue weighted by molar-refractivity contribution is -0.140. The molecular weight excluding hydrogens is 250 g/mol. The largest absolute Gasteiger partial charge is 0.493 e. The van der Waals surface area contributed by atoms with Crippen molar-refractivity contribution in [3.05, 3.63) is 24.3 Å². The molecule has 1 aromatic carbocycles. The summed E-state index contributed by atoms with van der Waals surface area (Å²) in [6.45, 7) is 0.0857. The zero-order valence-electron chi connectivity index (χ0n) is 11.0. The van der Waals surface area contributed by atoms with Crippen LogP contribution in [0, 0.1) is 0 Å². The predicted molar refractivity (Wildman–Crippen MR) is 68.1 cm³/mol. The molecule has 19 heavy (non-hydrogen) atoms. The summed E-state index contributed by atoms with van der Waals surface area (Å²) in [6.07, 6.45) is 0.136. The Morgan fingerprint density at radius 3 is 2.47 bits per heavy atom. The molecule has 0 unspecified atom stereocenters. The number of rotatable bonds is 7. The van der Waals surface area contributed by atoms with E-state index in [2.05, 4.69) is 10.1 Å². The molecule has 0 bridgehead atoms. The van der Waals surface area contributed by atoms with Crippen LogP contribution in [0.5, 0.6) is 11.5 Å². The van der Waals surface area contributed by atoms with E-state index in [-0.39, 0.29) is 31.4 Å². The summed E-state index contributed by atoms with van der Waals surface area (Å²) in [6, 6.07) is 7.04. The van der Waals surface area contributed by atoms with E-state index in [1.54, 1.807) is 18.2 Å². The van der Waals surface area contributed by atoms with Crippen molar-refractivity contribution < 1.29 is 23.8 Å². The number of carbonyl (C=O) groups is 2. The summed E-state index contributed by atoms with van der Waals surface area (Å²) in [5.74, 6) is 0.374. The minimum Gasteiger partial charge on any atom is -0.493 e. The van der Waals surface area contributed by atoms with Gasteiger partial charge in [-0.25, -0.2) is 0 Å². The summed E-state index contributed by atoms with van der Waals surface area (Å²) in [4.78, 5) is 22.3. The van der Waals surface area contributed by atoms with Gasteiger partial charge in [-0.05, 0) is 12.1 Å². The van der Waals surface area contributed by atoms with Gasteiger partial charge < -0.3 is 19.5 Å². The number of ether oxygens (including phenoxy) is 3. The molecule has 0 spiro atoms.